The highest BCUT2D eigenvalue weighted by atomic mass is 16.5. The van der Waals surface area contributed by atoms with E-state index in [0.29, 0.717) is 5.82 Å². The minimum Gasteiger partial charge on any atom is -0.464 e. The van der Waals surface area contributed by atoms with Gasteiger partial charge in [-0.3, -0.25) is 4.98 Å². The molecule has 0 atom stereocenters. The fourth-order valence-corrected chi connectivity index (χ4v) is 1.42. The summed E-state index contributed by atoms with van der Waals surface area (Å²) in [6.45, 7) is 1.88. The molecule has 0 aliphatic heterocycles. The monoisotopic (exact) mass is 252 g/mol. The third-order valence-electron chi connectivity index (χ3n) is 2.37. The van der Waals surface area contributed by atoms with Gasteiger partial charge >= 0.3 is 5.97 Å². The zero-order valence-electron chi connectivity index (χ0n) is 11.1. The van der Waals surface area contributed by atoms with Gasteiger partial charge in [0.1, 0.15) is 5.82 Å². The maximum Gasteiger partial charge on any atom is 0.358 e. The average molecular weight is 252 g/mol. The van der Waals surface area contributed by atoms with Crippen LogP contribution in [0.25, 0.3) is 0 Å². The SMILES string of the molecule is COC(=O)c1cncc(NCCCCN(C)C)n1. The van der Waals surface area contributed by atoms with E-state index in [9.17, 15) is 4.79 Å². The highest BCUT2D eigenvalue weighted by Gasteiger charge is 2.07. The zero-order valence-corrected chi connectivity index (χ0v) is 11.1. The molecular formula is C12H20N4O2. The number of carbonyl (C=O) groups is 1. The first-order chi connectivity index (χ1) is 8.63. The predicted molar refractivity (Wildman–Crippen MR) is 69.6 cm³/mol. The molecule has 0 saturated carbocycles. The Labute approximate surface area is 107 Å². The van der Waals surface area contributed by atoms with E-state index >= 15 is 0 Å². The van der Waals surface area contributed by atoms with Crippen LogP contribution in [0, 0.1) is 0 Å². The smallest absolute Gasteiger partial charge is 0.358 e. The summed E-state index contributed by atoms with van der Waals surface area (Å²) in [5.41, 5.74) is 0.218. The second kappa shape index (κ2) is 7.60. The van der Waals surface area contributed by atoms with E-state index in [1.54, 1.807) is 6.20 Å². The molecule has 0 radical (unpaired) electrons. The zero-order chi connectivity index (χ0) is 13.4. The minimum absolute atomic E-state index is 0.218. The van der Waals surface area contributed by atoms with Gasteiger partial charge < -0.3 is 15.0 Å². The normalized spacial score (nSPS) is 10.4. The fraction of sp³-hybridized carbons (Fsp3) is 0.583. The Kier molecular flexibility index (Phi) is 6.07. The van der Waals surface area contributed by atoms with E-state index in [4.69, 9.17) is 0 Å². The van der Waals surface area contributed by atoms with Crippen molar-refractivity contribution in [3.8, 4) is 0 Å². The van der Waals surface area contributed by atoms with Crippen molar-refractivity contribution in [3.63, 3.8) is 0 Å². The Morgan fingerprint density at radius 2 is 2.17 bits per heavy atom. The Hall–Kier alpha value is -1.69. The van der Waals surface area contributed by atoms with Crippen molar-refractivity contribution >= 4 is 11.8 Å². The molecule has 0 unspecified atom stereocenters. The highest BCUT2D eigenvalue weighted by molar-refractivity contribution is 5.87. The summed E-state index contributed by atoms with van der Waals surface area (Å²) in [6, 6.07) is 0. The molecule has 1 aromatic heterocycles. The Morgan fingerprint density at radius 3 is 2.83 bits per heavy atom. The Balaban J connectivity index is 2.36. The van der Waals surface area contributed by atoms with E-state index in [1.807, 2.05) is 0 Å². The first kappa shape index (κ1) is 14.4. The van der Waals surface area contributed by atoms with Gasteiger partial charge in [0.25, 0.3) is 0 Å². The quantitative estimate of drug-likeness (QED) is 0.577. The summed E-state index contributed by atoms with van der Waals surface area (Å²) < 4.78 is 4.59. The van der Waals surface area contributed by atoms with Gasteiger partial charge in [0, 0.05) is 6.54 Å². The summed E-state index contributed by atoms with van der Waals surface area (Å²) in [7, 11) is 5.43. The molecule has 0 fully saturated rings. The number of esters is 1. The molecular weight excluding hydrogens is 232 g/mol. The van der Waals surface area contributed by atoms with Crippen molar-refractivity contribution in [2.45, 2.75) is 12.8 Å². The number of unbranched alkanes of at least 4 members (excludes halogenated alkanes) is 1. The van der Waals surface area contributed by atoms with Crippen molar-refractivity contribution in [2.24, 2.45) is 0 Å². The minimum atomic E-state index is -0.473. The molecule has 0 aliphatic carbocycles. The number of rotatable bonds is 7. The lowest BCUT2D eigenvalue weighted by molar-refractivity contribution is 0.0593. The summed E-state index contributed by atoms with van der Waals surface area (Å²) in [6.07, 6.45) is 5.15. The predicted octanol–water partition coefficient (Wildman–Crippen LogP) is 1.02. The standard InChI is InChI=1S/C12H20N4O2/c1-16(2)7-5-4-6-14-11-9-13-8-10(15-11)12(17)18-3/h8-9H,4-7H2,1-3H3,(H,14,15). The lowest BCUT2D eigenvalue weighted by atomic mass is 10.3. The molecule has 1 aromatic rings. The molecule has 6 nitrogen and oxygen atoms in total. The molecule has 6 heteroatoms. The van der Waals surface area contributed by atoms with E-state index in [1.165, 1.54) is 13.3 Å². The second-order valence-electron chi connectivity index (χ2n) is 4.22. The maximum absolute atomic E-state index is 11.3. The van der Waals surface area contributed by atoms with Crippen LogP contribution in [0.5, 0.6) is 0 Å². The number of hydrogen-bond donors (Lipinski definition) is 1. The van der Waals surface area contributed by atoms with Gasteiger partial charge in [-0.05, 0) is 33.5 Å². The van der Waals surface area contributed by atoms with Crippen LogP contribution in [0.4, 0.5) is 5.82 Å². The van der Waals surface area contributed by atoms with Crippen LogP contribution in [0.3, 0.4) is 0 Å². The lowest BCUT2D eigenvalue weighted by Gasteiger charge is -2.09. The number of hydrogen-bond acceptors (Lipinski definition) is 6. The van der Waals surface area contributed by atoms with E-state index in [2.05, 4.69) is 39.0 Å². The molecule has 0 aliphatic rings. The van der Waals surface area contributed by atoms with Crippen LogP contribution in [-0.2, 0) is 4.74 Å². The van der Waals surface area contributed by atoms with Crippen molar-refractivity contribution in [1.82, 2.24) is 14.9 Å². The topological polar surface area (TPSA) is 67.3 Å². The largest absolute Gasteiger partial charge is 0.464 e. The first-order valence-corrected chi connectivity index (χ1v) is 5.92. The van der Waals surface area contributed by atoms with Gasteiger partial charge in [0.2, 0.25) is 0 Å². The fourth-order valence-electron chi connectivity index (χ4n) is 1.42. The molecule has 0 bridgehead atoms. The molecule has 0 aromatic carbocycles. The molecule has 18 heavy (non-hydrogen) atoms. The summed E-state index contributed by atoms with van der Waals surface area (Å²) in [4.78, 5) is 21.5. The Morgan fingerprint density at radius 1 is 1.39 bits per heavy atom. The van der Waals surface area contributed by atoms with Crippen LogP contribution in [0.1, 0.15) is 23.3 Å². The number of carbonyl (C=O) groups excluding carboxylic acids is 1. The van der Waals surface area contributed by atoms with Crippen LogP contribution >= 0.6 is 0 Å². The molecule has 0 saturated heterocycles. The number of anilines is 1. The number of methoxy groups -OCH3 is 1. The molecule has 1 N–H and O–H groups in total. The van der Waals surface area contributed by atoms with Gasteiger partial charge in [-0.2, -0.15) is 0 Å². The van der Waals surface area contributed by atoms with E-state index < -0.39 is 5.97 Å². The van der Waals surface area contributed by atoms with Gasteiger partial charge in [-0.25, -0.2) is 9.78 Å². The first-order valence-electron chi connectivity index (χ1n) is 5.92. The van der Waals surface area contributed by atoms with Crippen LogP contribution < -0.4 is 5.32 Å². The van der Waals surface area contributed by atoms with Crippen molar-refractivity contribution in [3.05, 3.63) is 18.1 Å². The summed E-state index contributed by atoms with van der Waals surface area (Å²) in [5, 5.41) is 3.14. The van der Waals surface area contributed by atoms with Gasteiger partial charge in [0.05, 0.1) is 19.5 Å². The van der Waals surface area contributed by atoms with Crippen LogP contribution in [0.15, 0.2) is 12.4 Å². The number of aromatic nitrogens is 2. The summed E-state index contributed by atoms with van der Waals surface area (Å²) >= 11 is 0. The third kappa shape index (κ3) is 5.09. The highest BCUT2D eigenvalue weighted by Crippen LogP contribution is 2.03. The second-order valence-corrected chi connectivity index (χ2v) is 4.22. The molecule has 0 spiro atoms. The maximum atomic E-state index is 11.3. The van der Waals surface area contributed by atoms with Crippen molar-refractivity contribution in [1.29, 1.82) is 0 Å². The van der Waals surface area contributed by atoms with E-state index in [0.717, 1.165) is 25.9 Å². The van der Waals surface area contributed by atoms with Gasteiger partial charge in [-0.1, -0.05) is 0 Å². The number of nitrogens with one attached hydrogen (secondary N) is 1. The molecule has 0 amide bonds. The molecule has 1 rings (SSSR count). The van der Waals surface area contributed by atoms with Crippen LogP contribution in [-0.4, -0.2) is 55.1 Å². The van der Waals surface area contributed by atoms with Gasteiger partial charge in [0.15, 0.2) is 5.69 Å². The van der Waals surface area contributed by atoms with E-state index in [-0.39, 0.29) is 5.69 Å². The van der Waals surface area contributed by atoms with Crippen LogP contribution in [0.2, 0.25) is 0 Å². The van der Waals surface area contributed by atoms with Crippen molar-refractivity contribution < 1.29 is 9.53 Å². The third-order valence-corrected chi connectivity index (χ3v) is 2.37. The molecule has 100 valence electrons. The lowest BCUT2D eigenvalue weighted by Crippen LogP contribution is -2.14. The average Bonchev–Trinajstić information content (AvgIpc) is 2.37. The van der Waals surface area contributed by atoms with Gasteiger partial charge in [-0.15, -0.1) is 0 Å². The number of nitrogens with zero attached hydrogens (tertiary/aromatic N) is 3. The Bertz CT molecular complexity index is 382. The summed E-state index contributed by atoms with van der Waals surface area (Å²) in [5.74, 6) is 0.126. The van der Waals surface area contributed by atoms with Crippen molar-refractivity contribution in [2.75, 3.05) is 39.6 Å². The number of ether oxygens (including phenoxy) is 1. The molecule has 1 heterocycles.